The van der Waals surface area contributed by atoms with Crippen molar-refractivity contribution in [3.05, 3.63) is 23.6 Å². The Labute approximate surface area is 152 Å². The van der Waals surface area contributed by atoms with Crippen LogP contribution in [-0.2, 0) is 9.47 Å². The van der Waals surface area contributed by atoms with Gasteiger partial charge in [-0.15, -0.1) is 11.3 Å². The minimum Gasteiger partial charge on any atom is -0.494 e. The zero-order chi connectivity index (χ0) is 18.7. The summed E-state index contributed by atoms with van der Waals surface area (Å²) in [7, 11) is 1.55. The summed E-state index contributed by atoms with van der Waals surface area (Å²) in [6.07, 6.45) is -5.84. The number of methoxy groups -OCH3 is 1. The van der Waals surface area contributed by atoms with E-state index in [-0.39, 0.29) is 19.1 Å². The van der Waals surface area contributed by atoms with Gasteiger partial charge in [0, 0.05) is 29.0 Å². The van der Waals surface area contributed by atoms with Gasteiger partial charge in [-0.1, -0.05) is 0 Å². The number of nitrogens with zero attached hydrogens (tertiary/aromatic N) is 1. The van der Waals surface area contributed by atoms with Gasteiger partial charge < -0.3 is 14.2 Å². The molecular weight excluding hydrogens is 371 g/mol. The summed E-state index contributed by atoms with van der Waals surface area (Å²) in [4.78, 5) is 13.6. The fourth-order valence-corrected chi connectivity index (χ4v) is 3.72. The molecule has 9 heteroatoms. The smallest absolute Gasteiger partial charge is 0.414 e. The monoisotopic (exact) mass is 389 g/mol. The highest BCUT2D eigenvalue weighted by atomic mass is 32.1. The standard InChI is InChI=1S/C17H18F3NO4S/c1-23-9-12-8-21(16(22)25-12)14-10-26-15-7-11(3-4-13(14)15)24-6-2-5-17(18,19)20/h3-4,7,10,12H,2,5-6,8-9H2,1H3/t12-/m1/s1. The van der Waals surface area contributed by atoms with E-state index in [1.54, 1.807) is 30.2 Å². The van der Waals surface area contributed by atoms with Gasteiger partial charge in [-0.2, -0.15) is 13.2 Å². The first-order chi connectivity index (χ1) is 12.4. The summed E-state index contributed by atoms with van der Waals surface area (Å²) in [6.45, 7) is 0.745. The molecule has 0 unspecified atom stereocenters. The Hall–Kier alpha value is -2.00. The number of carbonyl (C=O) groups excluding carboxylic acids is 1. The van der Waals surface area contributed by atoms with E-state index >= 15 is 0 Å². The van der Waals surface area contributed by atoms with Crippen molar-refractivity contribution in [1.82, 2.24) is 0 Å². The number of hydrogen-bond acceptors (Lipinski definition) is 5. The van der Waals surface area contributed by atoms with Crippen LogP contribution in [0.15, 0.2) is 23.6 Å². The maximum Gasteiger partial charge on any atom is 0.414 e. The minimum absolute atomic E-state index is 0.000395. The third kappa shape index (κ3) is 4.39. The Morgan fingerprint density at radius 2 is 2.19 bits per heavy atom. The topological polar surface area (TPSA) is 48.0 Å². The molecule has 1 fully saturated rings. The van der Waals surface area contributed by atoms with Gasteiger partial charge in [0.25, 0.3) is 0 Å². The predicted molar refractivity (Wildman–Crippen MR) is 92.1 cm³/mol. The number of thiophene rings is 1. The number of cyclic esters (lactones) is 1. The molecule has 1 aromatic carbocycles. The first-order valence-electron chi connectivity index (χ1n) is 8.05. The summed E-state index contributed by atoms with van der Waals surface area (Å²) in [6, 6.07) is 5.27. The number of benzene rings is 1. The van der Waals surface area contributed by atoms with Crippen molar-refractivity contribution in [3.63, 3.8) is 0 Å². The van der Waals surface area contributed by atoms with E-state index < -0.39 is 18.7 Å². The van der Waals surface area contributed by atoms with Gasteiger partial charge in [0.2, 0.25) is 0 Å². The van der Waals surface area contributed by atoms with Crippen molar-refractivity contribution >= 4 is 33.2 Å². The minimum atomic E-state index is -4.17. The van der Waals surface area contributed by atoms with Gasteiger partial charge in [0.15, 0.2) is 0 Å². The zero-order valence-corrected chi connectivity index (χ0v) is 14.9. The van der Waals surface area contributed by atoms with Gasteiger partial charge in [-0.25, -0.2) is 4.79 Å². The molecule has 0 bridgehead atoms. The molecule has 0 N–H and O–H groups in total. The lowest BCUT2D eigenvalue weighted by atomic mass is 10.2. The highest BCUT2D eigenvalue weighted by molar-refractivity contribution is 7.17. The molecule has 0 saturated carbocycles. The van der Waals surface area contributed by atoms with E-state index in [0.717, 1.165) is 15.8 Å². The SMILES string of the molecule is COC[C@H]1CN(c2csc3cc(OCCCC(F)(F)F)ccc23)C(=O)O1. The molecule has 0 radical (unpaired) electrons. The quantitative estimate of drug-likeness (QED) is 0.650. The molecule has 0 spiro atoms. The number of halogens is 3. The van der Waals surface area contributed by atoms with Crippen molar-refractivity contribution in [2.45, 2.75) is 25.1 Å². The van der Waals surface area contributed by atoms with Crippen LogP contribution in [-0.4, -0.2) is 45.2 Å². The zero-order valence-electron chi connectivity index (χ0n) is 14.0. The van der Waals surface area contributed by atoms with Crippen LogP contribution < -0.4 is 9.64 Å². The second kappa shape index (κ2) is 7.71. The van der Waals surface area contributed by atoms with E-state index in [2.05, 4.69) is 0 Å². The number of fused-ring (bicyclic) bond motifs is 1. The number of carbonyl (C=O) groups is 1. The van der Waals surface area contributed by atoms with Crippen LogP contribution in [0.5, 0.6) is 5.75 Å². The second-order valence-electron chi connectivity index (χ2n) is 5.92. The molecule has 142 valence electrons. The Morgan fingerprint density at radius 1 is 1.38 bits per heavy atom. The molecule has 1 aliphatic heterocycles. The summed E-state index contributed by atoms with van der Waals surface area (Å²) in [5.41, 5.74) is 0.747. The highest BCUT2D eigenvalue weighted by Gasteiger charge is 2.33. The molecule has 2 heterocycles. The largest absolute Gasteiger partial charge is 0.494 e. The average molecular weight is 389 g/mol. The maximum absolute atomic E-state index is 12.1. The Morgan fingerprint density at radius 3 is 2.92 bits per heavy atom. The van der Waals surface area contributed by atoms with Crippen LogP contribution in [0.25, 0.3) is 10.1 Å². The number of ether oxygens (including phenoxy) is 3. The fourth-order valence-electron chi connectivity index (χ4n) is 2.75. The van der Waals surface area contributed by atoms with Crippen molar-refractivity contribution in [2.24, 2.45) is 0 Å². The summed E-state index contributed by atoms with van der Waals surface area (Å²) in [5, 5.41) is 2.72. The third-order valence-corrected chi connectivity index (χ3v) is 4.85. The maximum atomic E-state index is 12.1. The predicted octanol–water partition coefficient (Wildman–Crippen LogP) is 4.59. The number of anilines is 1. The van der Waals surface area contributed by atoms with Crippen LogP contribution in [0.2, 0.25) is 0 Å². The van der Waals surface area contributed by atoms with Gasteiger partial charge in [-0.3, -0.25) is 4.90 Å². The van der Waals surface area contributed by atoms with Crippen molar-refractivity contribution < 1.29 is 32.2 Å². The van der Waals surface area contributed by atoms with Crippen molar-refractivity contribution in [3.8, 4) is 5.75 Å². The third-order valence-electron chi connectivity index (χ3n) is 3.92. The molecule has 3 rings (SSSR count). The molecule has 1 saturated heterocycles. The van der Waals surface area contributed by atoms with E-state index in [1.165, 1.54) is 11.3 Å². The lowest BCUT2D eigenvalue weighted by Crippen LogP contribution is -2.25. The van der Waals surface area contributed by atoms with E-state index in [1.807, 2.05) is 5.38 Å². The van der Waals surface area contributed by atoms with E-state index in [0.29, 0.717) is 18.9 Å². The lowest BCUT2D eigenvalue weighted by Gasteiger charge is -2.12. The van der Waals surface area contributed by atoms with Crippen LogP contribution in [0, 0.1) is 0 Å². The summed E-state index contributed by atoms with van der Waals surface area (Å²) >= 11 is 1.43. The second-order valence-corrected chi connectivity index (χ2v) is 6.83. The fraction of sp³-hybridized carbons (Fsp3) is 0.471. The first-order valence-corrected chi connectivity index (χ1v) is 8.93. The molecule has 1 aliphatic rings. The first kappa shape index (κ1) is 18.8. The Bertz CT molecular complexity index is 777. The van der Waals surface area contributed by atoms with Gasteiger partial charge in [0.05, 0.1) is 25.4 Å². The normalized spacial score (nSPS) is 17.8. The lowest BCUT2D eigenvalue weighted by molar-refractivity contribution is -0.136. The van der Waals surface area contributed by atoms with Crippen LogP contribution in [0.1, 0.15) is 12.8 Å². The molecule has 1 aromatic heterocycles. The number of alkyl halides is 3. The van der Waals surface area contributed by atoms with Crippen LogP contribution >= 0.6 is 11.3 Å². The van der Waals surface area contributed by atoms with Gasteiger partial charge in [0.1, 0.15) is 11.9 Å². The molecule has 2 aromatic rings. The number of amides is 1. The van der Waals surface area contributed by atoms with Crippen LogP contribution in [0.3, 0.4) is 0 Å². The molecule has 0 aliphatic carbocycles. The van der Waals surface area contributed by atoms with E-state index in [9.17, 15) is 18.0 Å². The Kier molecular flexibility index (Phi) is 5.57. The average Bonchev–Trinajstić information content (AvgIpc) is 3.14. The van der Waals surface area contributed by atoms with Crippen molar-refractivity contribution in [1.29, 1.82) is 0 Å². The number of hydrogen-bond donors (Lipinski definition) is 0. The van der Waals surface area contributed by atoms with Gasteiger partial charge >= 0.3 is 12.3 Å². The molecule has 1 atom stereocenters. The van der Waals surface area contributed by atoms with Crippen LogP contribution in [0.4, 0.5) is 23.7 Å². The number of rotatable bonds is 7. The van der Waals surface area contributed by atoms with Crippen molar-refractivity contribution in [2.75, 3.05) is 31.8 Å². The van der Waals surface area contributed by atoms with Gasteiger partial charge in [-0.05, 0) is 24.6 Å². The summed E-state index contributed by atoms with van der Waals surface area (Å²) in [5.74, 6) is 0.509. The molecule has 1 amide bonds. The molecule has 26 heavy (non-hydrogen) atoms. The Balaban J connectivity index is 1.67. The van der Waals surface area contributed by atoms with E-state index in [4.69, 9.17) is 14.2 Å². The molecule has 5 nitrogen and oxygen atoms in total. The molecular formula is C17H18F3NO4S. The summed E-state index contributed by atoms with van der Waals surface area (Å²) < 4.78 is 53.0. The highest BCUT2D eigenvalue weighted by Crippen LogP contribution is 2.37.